The molecule has 12 aromatic rings. The molecule has 0 N–H and O–H groups in total. The summed E-state index contributed by atoms with van der Waals surface area (Å²) in [4.78, 5) is 0. The van der Waals surface area contributed by atoms with Crippen LogP contribution < -0.4 is 0 Å². The SMILES string of the molecule is N#Cc1cc(-c2cccc(C#N)c2-n2c3ccccc3c3cc4oc5ccccc5c4cc32)cc(-n2c3ccccc3c3cc4oc5ccccc5c4cc32)c1C#N. The second kappa shape index (κ2) is 11.7. The fourth-order valence-electron chi connectivity index (χ4n) is 9.15. The van der Waals surface area contributed by atoms with E-state index < -0.39 is 0 Å². The second-order valence-corrected chi connectivity index (χ2v) is 14.6. The van der Waals surface area contributed by atoms with Gasteiger partial charge in [0.2, 0.25) is 0 Å². The van der Waals surface area contributed by atoms with Crippen LogP contribution in [0.25, 0.3) is 110 Å². The number of hydrogen-bond donors (Lipinski definition) is 0. The number of hydrogen-bond acceptors (Lipinski definition) is 5. The van der Waals surface area contributed by atoms with Crippen molar-refractivity contribution in [3.8, 4) is 40.7 Å². The number of furan rings is 2. The number of nitrogens with zero attached hydrogens (tertiary/aromatic N) is 5. The second-order valence-electron chi connectivity index (χ2n) is 14.6. The first-order valence-corrected chi connectivity index (χ1v) is 18.8. The number of fused-ring (bicyclic) bond motifs is 12. The quantitative estimate of drug-likeness (QED) is 0.179. The van der Waals surface area contributed by atoms with E-state index in [-0.39, 0.29) is 11.1 Å². The summed E-state index contributed by atoms with van der Waals surface area (Å²) in [5, 5.41) is 40.2. The number of nitriles is 3. The van der Waals surface area contributed by atoms with E-state index in [4.69, 9.17) is 8.83 Å². The summed E-state index contributed by atoms with van der Waals surface area (Å²) in [6, 6.07) is 57.3. The van der Waals surface area contributed by atoms with Crippen LogP contribution in [0.15, 0.2) is 160 Å². The Hall–Kier alpha value is -8.57. The van der Waals surface area contributed by atoms with Crippen LogP contribution in [0.1, 0.15) is 16.7 Å². The number of para-hydroxylation sites is 5. The Morgan fingerprint density at radius 2 is 0.914 bits per heavy atom. The molecule has 0 radical (unpaired) electrons. The van der Waals surface area contributed by atoms with E-state index in [1.54, 1.807) is 6.07 Å². The van der Waals surface area contributed by atoms with Gasteiger partial charge in [-0.25, -0.2) is 0 Å². The summed E-state index contributed by atoms with van der Waals surface area (Å²) in [5.41, 5.74) is 10.4. The molecule has 0 spiro atoms. The van der Waals surface area contributed by atoms with Crippen LogP contribution in [0.4, 0.5) is 0 Å². The van der Waals surface area contributed by atoms with E-state index in [1.807, 2.05) is 97.1 Å². The Kier molecular flexibility index (Phi) is 6.41. The van der Waals surface area contributed by atoms with E-state index in [9.17, 15) is 15.8 Å². The first-order valence-electron chi connectivity index (χ1n) is 18.8. The molecule has 0 aliphatic rings. The number of benzene rings is 8. The van der Waals surface area contributed by atoms with Crippen molar-refractivity contribution in [2.45, 2.75) is 0 Å². The monoisotopic (exact) mass is 739 g/mol. The maximum atomic E-state index is 10.8. The summed E-state index contributed by atoms with van der Waals surface area (Å²) in [6.45, 7) is 0. The lowest BCUT2D eigenvalue weighted by Crippen LogP contribution is -2.04. The molecule has 58 heavy (non-hydrogen) atoms. The van der Waals surface area contributed by atoms with Crippen molar-refractivity contribution in [1.29, 1.82) is 15.8 Å². The molecule has 7 nitrogen and oxygen atoms in total. The smallest absolute Gasteiger partial charge is 0.136 e. The molecule has 0 aliphatic carbocycles. The standard InChI is InChI=1S/C51H25N5O2/c52-26-29-10-9-15-32(51(29)56-43-17-6-2-12-34(43)38-25-50-40(23-46(38)56)36-14-4-8-19-48(36)58-50)30-20-31(27-53)41(28-54)44(21-30)55-42-16-5-1-11-33(42)37-24-49-39(22-45(37)55)35-13-3-7-18-47(35)57-49/h1-25H. The van der Waals surface area contributed by atoms with Crippen molar-refractivity contribution in [1.82, 2.24) is 9.13 Å². The summed E-state index contributed by atoms with van der Waals surface area (Å²) >= 11 is 0. The predicted octanol–water partition coefficient (Wildman–Crippen LogP) is 13.0. The van der Waals surface area contributed by atoms with Crippen molar-refractivity contribution < 1.29 is 8.83 Å². The summed E-state index contributed by atoms with van der Waals surface area (Å²) < 4.78 is 16.9. The van der Waals surface area contributed by atoms with Crippen molar-refractivity contribution in [3.63, 3.8) is 0 Å². The van der Waals surface area contributed by atoms with Gasteiger partial charge < -0.3 is 18.0 Å². The molecule has 12 rings (SSSR count). The van der Waals surface area contributed by atoms with Crippen LogP contribution in [0.2, 0.25) is 0 Å². The van der Waals surface area contributed by atoms with E-state index in [2.05, 4.69) is 75.9 Å². The maximum Gasteiger partial charge on any atom is 0.136 e. The van der Waals surface area contributed by atoms with E-state index in [0.717, 1.165) is 93.1 Å². The van der Waals surface area contributed by atoms with Gasteiger partial charge in [-0.15, -0.1) is 0 Å². The zero-order valence-corrected chi connectivity index (χ0v) is 30.5. The third-order valence-corrected chi connectivity index (χ3v) is 11.6. The minimum atomic E-state index is 0.234. The molecule has 0 bridgehead atoms. The zero-order valence-electron chi connectivity index (χ0n) is 30.5. The highest BCUT2D eigenvalue weighted by Crippen LogP contribution is 2.44. The molecule has 7 heteroatoms. The molecule has 0 atom stereocenters. The Balaban J connectivity index is 1.19. The third kappa shape index (κ3) is 4.23. The molecule has 8 aromatic carbocycles. The highest BCUT2D eigenvalue weighted by molar-refractivity contribution is 6.19. The largest absolute Gasteiger partial charge is 0.456 e. The molecule has 0 saturated carbocycles. The normalized spacial score (nSPS) is 11.7. The lowest BCUT2D eigenvalue weighted by Gasteiger charge is -2.18. The maximum absolute atomic E-state index is 10.8. The van der Waals surface area contributed by atoms with Gasteiger partial charge in [0.05, 0.1) is 50.1 Å². The Morgan fingerprint density at radius 3 is 1.50 bits per heavy atom. The van der Waals surface area contributed by atoms with Crippen molar-refractivity contribution in [2.75, 3.05) is 0 Å². The third-order valence-electron chi connectivity index (χ3n) is 11.6. The molecular formula is C51H25N5O2. The Bertz CT molecular complexity index is 3910. The van der Waals surface area contributed by atoms with Gasteiger partial charge >= 0.3 is 0 Å². The number of rotatable bonds is 3. The van der Waals surface area contributed by atoms with Gasteiger partial charge in [0.1, 0.15) is 40.5 Å². The predicted molar refractivity (Wildman–Crippen MR) is 229 cm³/mol. The van der Waals surface area contributed by atoms with Gasteiger partial charge in [-0.3, -0.25) is 0 Å². The molecular weight excluding hydrogens is 715 g/mol. The highest BCUT2D eigenvalue weighted by Gasteiger charge is 2.24. The summed E-state index contributed by atoms with van der Waals surface area (Å²) in [7, 11) is 0. The summed E-state index contributed by atoms with van der Waals surface area (Å²) in [6.07, 6.45) is 0. The van der Waals surface area contributed by atoms with Gasteiger partial charge in [0.15, 0.2) is 0 Å². The average Bonchev–Trinajstić information content (AvgIpc) is 4.01. The first-order chi connectivity index (χ1) is 28.6. The van der Waals surface area contributed by atoms with Crippen LogP contribution in [0, 0.1) is 34.0 Å². The average molecular weight is 740 g/mol. The van der Waals surface area contributed by atoms with E-state index in [1.165, 1.54) is 0 Å². The lowest BCUT2D eigenvalue weighted by molar-refractivity contribution is 0.669. The van der Waals surface area contributed by atoms with Crippen LogP contribution >= 0.6 is 0 Å². The summed E-state index contributed by atoms with van der Waals surface area (Å²) in [5.74, 6) is 0. The van der Waals surface area contributed by atoms with E-state index in [0.29, 0.717) is 22.5 Å². The molecule has 0 fully saturated rings. The first kappa shape index (κ1) is 31.7. The van der Waals surface area contributed by atoms with Gasteiger partial charge in [0, 0.05) is 48.7 Å². The molecule has 0 unspecified atom stereocenters. The van der Waals surface area contributed by atoms with Crippen LogP contribution in [0.5, 0.6) is 0 Å². The van der Waals surface area contributed by atoms with Crippen molar-refractivity contribution in [2.24, 2.45) is 0 Å². The van der Waals surface area contributed by atoms with Gasteiger partial charge in [0.25, 0.3) is 0 Å². The van der Waals surface area contributed by atoms with Gasteiger partial charge in [-0.2, -0.15) is 15.8 Å². The van der Waals surface area contributed by atoms with E-state index >= 15 is 0 Å². The minimum absolute atomic E-state index is 0.234. The molecule has 0 aliphatic heterocycles. The number of aromatic nitrogens is 2. The van der Waals surface area contributed by atoms with Crippen molar-refractivity contribution >= 4 is 87.5 Å². The highest BCUT2D eigenvalue weighted by atomic mass is 16.3. The van der Waals surface area contributed by atoms with Gasteiger partial charge in [-0.1, -0.05) is 84.9 Å². The molecule has 4 heterocycles. The molecule has 0 amide bonds. The van der Waals surface area contributed by atoms with Gasteiger partial charge in [-0.05, 0) is 72.3 Å². The lowest BCUT2D eigenvalue weighted by atomic mass is 9.95. The Labute approximate surface area is 329 Å². The zero-order chi connectivity index (χ0) is 38.6. The van der Waals surface area contributed by atoms with Crippen molar-refractivity contribution in [3.05, 3.63) is 168 Å². The van der Waals surface area contributed by atoms with Crippen LogP contribution in [-0.4, -0.2) is 9.13 Å². The molecule has 266 valence electrons. The fraction of sp³-hybridized carbons (Fsp3) is 0. The molecule has 4 aromatic heterocycles. The Morgan fingerprint density at radius 1 is 0.379 bits per heavy atom. The minimum Gasteiger partial charge on any atom is -0.456 e. The molecule has 0 saturated heterocycles. The topological polar surface area (TPSA) is 108 Å². The fourth-order valence-corrected chi connectivity index (χ4v) is 9.15. The van der Waals surface area contributed by atoms with Crippen LogP contribution in [-0.2, 0) is 0 Å². The van der Waals surface area contributed by atoms with Crippen LogP contribution in [0.3, 0.4) is 0 Å².